The molecule has 1 unspecified atom stereocenters. The van der Waals surface area contributed by atoms with Gasteiger partial charge in [-0.05, 0) is 31.9 Å². The van der Waals surface area contributed by atoms with E-state index in [-0.39, 0.29) is 23.1 Å². The maximum Gasteiger partial charge on any atom is 0.260 e. The number of H-pyrrole nitrogens is 1. The van der Waals surface area contributed by atoms with Gasteiger partial charge >= 0.3 is 0 Å². The molecule has 2 N–H and O–H groups in total. The van der Waals surface area contributed by atoms with Crippen LogP contribution in [0.1, 0.15) is 28.9 Å². The van der Waals surface area contributed by atoms with Crippen LogP contribution in [0, 0.1) is 6.92 Å². The highest BCUT2D eigenvalue weighted by Gasteiger charge is 2.17. The lowest BCUT2D eigenvalue weighted by Crippen LogP contribution is -2.35. The van der Waals surface area contributed by atoms with Gasteiger partial charge in [0.2, 0.25) is 0 Å². The fourth-order valence-corrected chi connectivity index (χ4v) is 1.86. The highest BCUT2D eigenvalue weighted by Crippen LogP contribution is 2.10. The highest BCUT2D eigenvalue weighted by atomic mass is 16.5. The zero-order valence-corrected chi connectivity index (χ0v) is 9.79. The molecule has 1 atom stereocenters. The lowest BCUT2D eigenvalue weighted by atomic mass is 10.2. The lowest BCUT2D eigenvalue weighted by molar-refractivity contribution is 0.0856. The van der Waals surface area contributed by atoms with Gasteiger partial charge in [0.1, 0.15) is 5.56 Å². The van der Waals surface area contributed by atoms with Crippen LogP contribution >= 0.6 is 0 Å². The third-order valence-corrected chi connectivity index (χ3v) is 2.81. The molecule has 1 fully saturated rings. The molecule has 0 aliphatic carbocycles. The normalized spacial score (nSPS) is 19.2. The van der Waals surface area contributed by atoms with E-state index >= 15 is 0 Å². The van der Waals surface area contributed by atoms with Crippen LogP contribution in [0.25, 0.3) is 0 Å². The summed E-state index contributed by atoms with van der Waals surface area (Å²) in [6.45, 7) is 2.99. The first kappa shape index (κ1) is 11.9. The Morgan fingerprint density at radius 2 is 2.41 bits per heavy atom. The fraction of sp³-hybridized carbons (Fsp3) is 0.500. The fourth-order valence-electron chi connectivity index (χ4n) is 1.86. The molecular weight excluding hydrogens is 220 g/mol. The summed E-state index contributed by atoms with van der Waals surface area (Å²) in [5, 5.41) is 2.72. The van der Waals surface area contributed by atoms with E-state index in [0.29, 0.717) is 6.54 Å². The number of pyridine rings is 1. The number of hydrogen-bond acceptors (Lipinski definition) is 3. The van der Waals surface area contributed by atoms with Crippen molar-refractivity contribution >= 4 is 5.91 Å². The first-order chi connectivity index (χ1) is 8.16. The summed E-state index contributed by atoms with van der Waals surface area (Å²) < 4.78 is 5.39. The second-order valence-electron chi connectivity index (χ2n) is 4.23. The van der Waals surface area contributed by atoms with E-state index in [0.717, 1.165) is 25.1 Å². The summed E-state index contributed by atoms with van der Waals surface area (Å²) in [5.41, 5.74) is 0.536. The van der Waals surface area contributed by atoms with Crippen molar-refractivity contribution in [3.63, 3.8) is 0 Å². The van der Waals surface area contributed by atoms with E-state index in [2.05, 4.69) is 10.3 Å². The second kappa shape index (κ2) is 5.14. The number of hydrogen-bond donors (Lipinski definition) is 2. The molecule has 1 amide bonds. The Hall–Kier alpha value is -1.62. The summed E-state index contributed by atoms with van der Waals surface area (Å²) in [6, 6.07) is 3.25. The van der Waals surface area contributed by atoms with Gasteiger partial charge in [-0.2, -0.15) is 0 Å². The molecule has 2 heterocycles. The number of carbonyl (C=O) groups excluding carboxylic acids is 1. The Balaban J connectivity index is 1.97. The van der Waals surface area contributed by atoms with Gasteiger partial charge in [-0.3, -0.25) is 9.59 Å². The maximum absolute atomic E-state index is 11.7. The molecule has 1 aromatic rings. The average Bonchev–Trinajstić information content (AvgIpc) is 2.78. The smallest absolute Gasteiger partial charge is 0.260 e. The minimum atomic E-state index is -0.352. The van der Waals surface area contributed by atoms with E-state index < -0.39 is 0 Å². The zero-order valence-electron chi connectivity index (χ0n) is 9.79. The third-order valence-electron chi connectivity index (χ3n) is 2.81. The van der Waals surface area contributed by atoms with Gasteiger partial charge in [0.25, 0.3) is 11.5 Å². The predicted octanol–water partition coefficient (Wildman–Crippen LogP) is 0.592. The molecule has 0 saturated carbocycles. The molecule has 5 heteroatoms. The van der Waals surface area contributed by atoms with E-state index in [1.807, 2.05) is 0 Å². The number of rotatable bonds is 3. The highest BCUT2D eigenvalue weighted by molar-refractivity contribution is 5.93. The van der Waals surface area contributed by atoms with Crippen molar-refractivity contribution in [2.75, 3.05) is 13.2 Å². The van der Waals surface area contributed by atoms with Gasteiger partial charge in [0.05, 0.1) is 6.10 Å². The van der Waals surface area contributed by atoms with Crippen molar-refractivity contribution in [2.45, 2.75) is 25.9 Å². The SMILES string of the molecule is Cc1ccc(C(=O)NCC2CCCO2)c(=O)[nH]1. The Morgan fingerprint density at radius 3 is 3.06 bits per heavy atom. The van der Waals surface area contributed by atoms with Gasteiger partial charge in [-0.25, -0.2) is 0 Å². The molecule has 1 aliphatic heterocycles. The number of nitrogens with one attached hydrogen (secondary N) is 2. The van der Waals surface area contributed by atoms with Crippen LogP contribution in [0.15, 0.2) is 16.9 Å². The number of aromatic nitrogens is 1. The molecule has 0 radical (unpaired) electrons. The van der Waals surface area contributed by atoms with Gasteiger partial charge in [0.15, 0.2) is 0 Å². The largest absolute Gasteiger partial charge is 0.376 e. The van der Waals surface area contributed by atoms with Gasteiger partial charge < -0.3 is 15.0 Å². The first-order valence-corrected chi connectivity index (χ1v) is 5.76. The summed E-state index contributed by atoms with van der Waals surface area (Å²) in [7, 11) is 0. The molecule has 0 spiro atoms. The Labute approximate surface area is 99.2 Å². The van der Waals surface area contributed by atoms with Crippen molar-refractivity contribution in [1.82, 2.24) is 10.3 Å². The number of amides is 1. The molecule has 5 nitrogen and oxygen atoms in total. The van der Waals surface area contributed by atoms with Crippen LogP contribution < -0.4 is 10.9 Å². The number of carbonyl (C=O) groups is 1. The van der Waals surface area contributed by atoms with Crippen LogP contribution in [0.4, 0.5) is 0 Å². The number of ether oxygens (including phenoxy) is 1. The van der Waals surface area contributed by atoms with Crippen LogP contribution in [-0.4, -0.2) is 30.1 Å². The Kier molecular flexibility index (Phi) is 3.58. The topological polar surface area (TPSA) is 71.2 Å². The van der Waals surface area contributed by atoms with Crippen molar-refractivity contribution in [3.8, 4) is 0 Å². The van der Waals surface area contributed by atoms with Crippen molar-refractivity contribution in [2.24, 2.45) is 0 Å². The van der Waals surface area contributed by atoms with Crippen LogP contribution in [0.3, 0.4) is 0 Å². The minimum Gasteiger partial charge on any atom is -0.376 e. The van der Waals surface area contributed by atoms with E-state index in [4.69, 9.17) is 4.74 Å². The number of aromatic amines is 1. The van der Waals surface area contributed by atoms with Gasteiger partial charge in [-0.15, -0.1) is 0 Å². The van der Waals surface area contributed by atoms with Crippen LogP contribution in [0.5, 0.6) is 0 Å². The molecule has 0 aromatic carbocycles. The Bertz CT molecular complexity index is 461. The molecule has 0 bridgehead atoms. The molecule has 2 rings (SSSR count). The lowest BCUT2D eigenvalue weighted by Gasteiger charge is -2.10. The monoisotopic (exact) mass is 236 g/mol. The molecule has 1 aromatic heterocycles. The first-order valence-electron chi connectivity index (χ1n) is 5.76. The van der Waals surface area contributed by atoms with Crippen LogP contribution in [0.2, 0.25) is 0 Å². The van der Waals surface area contributed by atoms with E-state index in [9.17, 15) is 9.59 Å². The van der Waals surface area contributed by atoms with E-state index in [1.54, 1.807) is 19.1 Å². The maximum atomic E-state index is 11.7. The standard InChI is InChI=1S/C12H16N2O3/c1-8-4-5-10(12(16)14-8)11(15)13-7-9-3-2-6-17-9/h4-5,9H,2-3,6-7H2,1H3,(H,13,15)(H,14,16). The molecular formula is C12H16N2O3. The van der Waals surface area contributed by atoms with Gasteiger partial charge in [-0.1, -0.05) is 0 Å². The van der Waals surface area contributed by atoms with Crippen molar-refractivity contribution < 1.29 is 9.53 Å². The molecule has 92 valence electrons. The number of aryl methyl sites for hydroxylation is 1. The predicted molar refractivity (Wildman–Crippen MR) is 63.1 cm³/mol. The average molecular weight is 236 g/mol. The molecule has 17 heavy (non-hydrogen) atoms. The Morgan fingerprint density at radius 1 is 1.59 bits per heavy atom. The van der Waals surface area contributed by atoms with Crippen molar-refractivity contribution in [3.05, 3.63) is 33.7 Å². The van der Waals surface area contributed by atoms with Crippen LogP contribution in [-0.2, 0) is 4.74 Å². The summed E-state index contributed by atoms with van der Waals surface area (Å²) >= 11 is 0. The molecule has 1 aliphatic rings. The summed E-state index contributed by atoms with van der Waals surface area (Å²) in [6.07, 6.45) is 2.08. The molecule has 1 saturated heterocycles. The zero-order chi connectivity index (χ0) is 12.3. The third kappa shape index (κ3) is 2.94. The summed E-state index contributed by atoms with van der Waals surface area (Å²) in [5.74, 6) is -0.346. The minimum absolute atomic E-state index is 0.0866. The summed E-state index contributed by atoms with van der Waals surface area (Å²) in [4.78, 5) is 25.9. The second-order valence-corrected chi connectivity index (χ2v) is 4.23. The van der Waals surface area contributed by atoms with Crippen molar-refractivity contribution in [1.29, 1.82) is 0 Å². The van der Waals surface area contributed by atoms with E-state index in [1.165, 1.54) is 0 Å². The van der Waals surface area contributed by atoms with Gasteiger partial charge in [0, 0.05) is 18.8 Å². The quantitative estimate of drug-likeness (QED) is 0.807.